The molecule has 1 N–H and O–H groups in total. The molecule has 1 atom stereocenters. The second kappa shape index (κ2) is 10.4. The number of furan rings is 1. The molecule has 0 saturated carbocycles. The van der Waals surface area contributed by atoms with Gasteiger partial charge in [-0.2, -0.15) is 0 Å². The van der Waals surface area contributed by atoms with E-state index in [9.17, 15) is 19.7 Å². The molecule has 0 saturated heterocycles. The van der Waals surface area contributed by atoms with Crippen molar-refractivity contribution < 1.29 is 14.1 Å². The number of hydrogen-bond donors (Lipinski definition) is 1. The summed E-state index contributed by atoms with van der Waals surface area (Å²) in [5, 5.41) is 16.3. The fourth-order valence-electron chi connectivity index (χ4n) is 4.59. The number of thiazole rings is 1. The number of nitrogens with one attached hydrogen (secondary N) is 1. The molecule has 1 unspecified atom stereocenters. The van der Waals surface area contributed by atoms with Crippen molar-refractivity contribution in [3.05, 3.63) is 136 Å². The number of amides is 1. The maximum atomic E-state index is 13.8. The summed E-state index contributed by atoms with van der Waals surface area (Å²) in [6.45, 7) is 1.77. The maximum absolute atomic E-state index is 13.8. The Bertz CT molecular complexity index is 1970. The van der Waals surface area contributed by atoms with E-state index >= 15 is 0 Å². The van der Waals surface area contributed by atoms with Gasteiger partial charge in [-0.3, -0.25) is 24.3 Å². The topological polar surface area (TPSA) is 120 Å². The summed E-state index contributed by atoms with van der Waals surface area (Å²) in [6, 6.07) is 21.8. The van der Waals surface area contributed by atoms with Crippen molar-refractivity contribution in [3.8, 4) is 11.3 Å². The van der Waals surface area contributed by atoms with Gasteiger partial charge in [0.1, 0.15) is 17.6 Å². The smallest absolute Gasteiger partial charge is 0.280 e. The molecule has 9 nitrogen and oxygen atoms in total. The second-order valence-electron chi connectivity index (χ2n) is 8.89. The predicted molar refractivity (Wildman–Crippen MR) is 154 cm³/mol. The summed E-state index contributed by atoms with van der Waals surface area (Å²) < 4.78 is 7.80. The van der Waals surface area contributed by atoms with Gasteiger partial charge in [-0.15, -0.1) is 11.3 Å². The molecule has 4 heterocycles. The van der Waals surface area contributed by atoms with Crippen LogP contribution in [0.2, 0.25) is 0 Å². The quantitative estimate of drug-likeness (QED) is 0.226. The third-order valence-corrected chi connectivity index (χ3v) is 8.28. The van der Waals surface area contributed by atoms with Gasteiger partial charge in [0.2, 0.25) is 0 Å². The van der Waals surface area contributed by atoms with Crippen LogP contribution in [0.25, 0.3) is 17.4 Å². The lowest BCUT2D eigenvalue weighted by Gasteiger charge is -2.24. The Morgan fingerprint density at radius 2 is 1.85 bits per heavy atom. The van der Waals surface area contributed by atoms with E-state index in [2.05, 4.69) is 10.3 Å². The van der Waals surface area contributed by atoms with Crippen LogP contribution in [-0.2, 0) is 4.79 Å². The third kappa shape index (κ3) is 4.61. The molecule has 0 aliphatic carbocycles. The number of nitro groups is 1. The monoisotopic (exact) mass is 568 g/mol. The zero-order chi connectivity index (χ0) is 27.8. The highest BCUT2D eigenvalue weighted by atomic mass is 32.1. The lowest BCUT2D eigenvalue weighted by atomic mass is 10.0. The van der Waals surface area contributed by atoms with Gasteiger partial charge in [0.05, 0.1) is 26.3 Å². The number of rotatable bonds is 6. The number of anilines is 1. The Labute approximate surface area is 234 Å². The number of benzene rings is 2. The Kier molecular flexibility index (Phi) is 6.58. The summed E-state index contributed by atoms with van der Waals surface area (Å²) in [7, 11) is 0. The molecule has 0 fully saturated rings. The molecule has 5 aromatic rings. The van der Waals surface area contributed by atoms with Crippen molar-refractivity contribution in [2.75, 3.05) is 5.32 Å². The van der Waals surface area contributed by atoms with E-state index in [4.69, 9.17) is 4.42 Å². The van der Waals surface area contributed by atoms with Gasteiger partial charge in [-0.25, -0.2) is 4.99 Å². The SMILES string of the molecule is CC1=C(C(=O)Nc2ccccc2)C(c2cccs2)n2c(s/c(=C\c3ccc(-c4ccccc4[N+](=O)[O-])o3)c2=O)=N1. The zero-order valence-corrected chi connectivity index (χ0v) is 22.6. The van der Waals surface area contributed by atoms with Crippen molar-refractivity contribution in [2.24, 2.45) is 4.99 Å². The van der Waals surface area contributed by atoms with Gasteiger partial charge in [-0.1, -0.05) is 47.7 Å². The molecule has 0 radical (unpaired) electrons. The van der Waals surface area contributed by atoms with Crippen molar-refractivity contribution in [1.29, 1.82) is 0 Å². The minimum absolute atomic E-state index is 0.0736. The summed E-state index contributed by atoms with van der Waals surface area (Å²) in [5.74, 6) is 0.350. The molecule has 1 amide bonds. The van der Waals surface area contributed by atoms with Crippen LogP contribution in [-0.4, -0.2) is 15.4 Å². The lowest BCUT2D eigenvalue weighted by Crippen LogP contribution is -2.40. The fourth-order valence-corrected chi connectivity index (χ4v) is 6.44. The van der Waals surface area contributed by atoms with E-state index in [-0.39, 0.29) is 17.2 Å². The summed E-state index contributed by atoms with van der Waals surface area (Å²) in [4.78, 5) is 44.2. The van der Waals surface area contributed by atoms with E-state index in [1.54, 1.807) is 60.0 Å². The first-order chi connectivity index (χ1) is 19.4. The second-order valence-corrected chi connectivity index (χ2v) is 10.9. The maximum Gasteiger partial charge on any atom is 0.280 e. The third-order valence-electron chi connectivity index (χ3n) is 6.38. The number of thiophene rings is 1. The van der Waals surface area contributed by atoms with Gasteiger partial charge >= 0.3 is 0 Å². The van der Waals surface area contributed by atoms with E-state index < -0.39 is 11.0 Å². The Morgan fingerprint density at radius 3 is 2.60 bits per heavy atom. The standard InChI is InChI=1S/C29H20N4O5S2/c1-17-25(27(34)31-18-8-3-2-4-9-18)26(23-12-7-15-39-23)32-28(35)24(40-29(32)30-17)16-19-13-14-22(38-19)20-10-5-6-11-21(20)33(36)37/h2-16,26H,1H3,(H,31,34)/b24-16-. The largest absolute Gasteiger partial charge is 0.456 e. The van der Waals surface area contributed by atoms with Crippen molar-refractivity contribution in [3.63, 3.8) is 0 Å². The van der Waals surface area contributed by atoms with Gasteiger partial charge in [0.25, 0.3) is 17.2 Å². The molecule has 1 aliphatic rings. The van der Waals surface area contributed by atoms with E-state index in [1.807, 2.05) is 35.7 Å². The van der Waals surface area contributed by atoms with Gasteiger partial charge in [0, 0.05) is 22.7 Å². The van der Waals surface area contributed by atoms with Crippen molar-refractivity contribution in [1.82, 2.24) is 4.57 Å². The van der Waals surface area contributed by atoms with Crippen molar-refractivity contribution >= 4 is 46.0 Å². The average molecular weight is 569 g/mol. The van der Waals surface area contributed by atoms with Crippen LogP contribution in [0.3, 0.4) is 0 Å². The molecule has 11 heteroatoms. The van der Waals surface area contributed by atoms with Crippen LogP contribution in [0.5, 0.6) is 0 Å². The van der Waals surface area contributed by atoms with Crippen LogP contribution in [0.1, 0.15) is 23.6 Å². The highest BCUT2D eigenvalue weighted by Gasteiger charge is 2.33. The first-order valence-electron chi connectivity index (χ1n) is 12.2. The number of hydrogen-bond acceptors (Lipinski definition) is 8. The van der Waals surface area contributed by atoms with E-state index in [1.165, 1.54) is 28.7 Å². The van der Waals surface area contributed by atoms with Crippen molar-refractivity contribution in [2.45, 2.75) is 13.0 Å². The minimum Gasteiger partial charge on any atom is -0.456 e. The fraction of sp³-hybridized carbons (Fsp3) is 0.0690. The van der Waals surface area contributed by atoms with Crippen LogP contribution in [0.4, 0.5) is 11.4 Å². The summed E-state index contributed by atoms with van der Waals surface area (Å²) in [6.07, 6.45) is 1.59. The highest BCUT2D eigenvalue weighted by molar-refractivity contribution is 7.10. The summed E-state index contributed by atoms with van der Waals surface area (Å²) in [5.41, 5.74) is 1.51. The molecule has 2 aromatic carbocycles. The van der Waals surface area contributed by atoms with E-state index in [0.717, 1.165) is 4.88 Å². The number of nitro benzene ring substituents is 1. The van der Waals surface area contributed by atoms with Gasteiger partial charge < -0.3 is 9.73 Å². The van der Waals surface area contributed by atoms with Crippen LogP contribution in [0.15, 0.2) is 110 Å². The van der Waals surface area contributed by atoms with Crippen LogP contribution in [0, 0.1) is 10.1 Å². The highest BCUT2D eigenvalue weighted by Crippen LogP contribution is 2.34. The first-order valence-corrected chi connectivity index (χ1v) is 13.9. The Morgan fingerprint density at radius 1 is 1.07 bits per heavy atom. The van der Waals surface area contributed by atoms with Gasteiger partial charge in [0.15, 0.2) is 4.80 Å². The number of para-hydroxylation sites is 2. The molecular weight excluding hydrogens is 548 g/mol. The molecule has 0 bridgehead atoms. The number of carbonyl (C=O) groups is 1. The molecule has 198 valence electrons. The van der Waals surface area contributed by atoms with Crippen LogP contribution < -0.4 is 20.2 Å². The molecule has 3 aromatic heterocycles. The predicted octanol–water partition coefficient (Wildman–Crippen LogP) is 5.10. The van der Waals surface area contributed by atoms with Gasteiger partial charge in [-0.05, 0) is 48.7 Å². The minimum atomic E-state index is -0.652. The Hall–Kier alpha value is -4.87. The number of aromatic nitrogens is 1. The molecule has 0 spiro atoms. The zero-order valence-electron chi connectivity index (χ0n) is 20.9. The molecular formula is C29H20N4O5S2. The number of allylic oxidation sites excluding steroid dienone is 1. The van der Waals surface area contributed by atoms with E-state index in [0.29, 0.717) is 43.4 Å². The average Bonchev–Trinajstić information content (AvgIpc) is 3.70. The molecule has 6 rings (SSSR count). The lowest BCUT2D eigenvalue weighted by molar-refractivity contribution is -0.384. The first kappa shape index (κ1) is 25.4. The molecule has 1 aliphatic heterocycles. The number of carbonyl (C=O) groups excluding carboxylic acids is 1. The molecule has 40 heavy (non-hydrogen) atoms. The Balaban J connectivity index is 1.43. The van der Waals surface area contributed by atoms with Crippen LogP contribution >= 0.6 is 22.7 Å². The summed E-state index contributed by atoms with van der Waals surface area (Å²) >= 11 is 2.65. The normalized spacial score (nSPS) is 15.0. The number of nitrogens with zero attached hydrogens (tertiary/aromatic N) is 3. The number of fused-ring (bicyclic) bond motifs is 1.